The number of hydrogen-bond acceptors (Lipinski definition) is 5. The molecule has 2 heterocycles. The summed E-state index contributed by atoms with van der Waals surface area (Å²) >= 11 is 1.38. The third-order valence-electron chi connectivity index (χ3n) is 3.25. The number of nitrogens with two attached hydrogens (primary N) is 1. The molecule has 4 nitrogen and oxygen atoms in total. The van der Waals surface area contributed by atoms with Crippen LogP contribution in [-0.4, -0.2) is 14.6 Å². The lowest BCUT2D eigenvalue weighted by Crippen LogP contribution is -2.12. The van der Waals surface area contributed by atoms with Crippen LogP contribution in [0, 0.1) is 0 Å². The first-order valence-corrected chi connectivity index (χ1v) is 6.98. The highest BCUT2D eigenvalue weighted by molar-refractivity contribution is 7.05. The summed E-state index contributed by atoms with van der Waals surface area (Å²) in [6.07, 6.45) is 4.51. The lowest BCUT2D eigenvalue weighted by Gasteiger charge is -2.13. The Labute approximate surface area is 115 Å². The van der Waals surface area contributed by atoms with E-state index in [4.69, 9.17) is 5.73 Å². The van der Waals surface area contributed by atoms with Gasteiger partial charge in [-0.15, -0.1) is 5.10 Å². The zero-order valence-electron chi connectivity index (χ0n) is 10.6. The molecule has 0 bridgehead atoms. The molecule has 2 N–H and O–H groups in total. The van der Waals surface area contributed by atoms with Gasteiger partial charge >= 0.3 is 0 Å². The lowest BCUT2D eigenvalue weighted by molar-refractivity contribution is 0.860. The molecule has 0 aliphatic rings. The molecule has 1 unspecified atom stereocenters. The molecule has 0 spiro atoms. The molecule has 1 aromatic carbocycles. The van der Waals surface area contributed by atoms with E-state index >= 15 is 0 Å². The van der Waals surface area contributed by atoms with Crippen molar-refractivity contribution in [1.82, 2.24) is 14.6 Å². The predicted octanol–water partition coefficient (Wildman–Crippen LogP) is 2.70. The van der Waals surface area contributed by atoms with Gasteiger partial charge in [0.05, 0.1) is 16.6 Å². The highest BCUT2D eigenvalue weighted by atomic mass is 32.1. The molecule has 1 atom stereocenters. The van der Waals surface area contributed by atoms with Gasteiger partial charge in [0, 0.05) is 17.8 Å². The van der Waals surface area contributed by atoms with Crippen LogP contribution in [0.4, 0.5) is 0 Å². The Morgan fingerprint density at radius 1 is 1.32 bits per heavy atom. The minimum absolute atomic E-state index is 0.192. The molecule has 0 aliphatic carbocycles. The van der Waals surface area contributed by atoms with E-state index in [0.717, 1.165) is 33.3 Å². The molecule has 0 saturated carbocycles. The molecule has 0 fully saturated rings. The van der Waals surface area contributed by atoms with Crippen LogP contribution in [0.1, 0.15) is 29.1 Å². The second-order valence-corrected chi connectivity index (χ2v) is 5.14. The van der Waals surface area contributed by atoms with Crippen LogP contribution in [0.15, 0.2) is 36.7 Å². The largest absolute Gasteiger partial charge is 0.319 e. The summed E-state index contributed by atoms with van der Waals surface area (Å²) in [5, 5.41) is 6.38. The second-order valence-electron chi connectivity index (χ2n) is 4.36. The fraction of sp³-hybridized carbons (Fsp3) is 0.214. The molecule has 0 radical (unpaired) electrons. The average molecular weight is 270 g/mol. The van der Waals surface area contributed by atoms with Crippen molar-refractivity contribution >= 4 is 22.3 Å². The van der Waals surface area contributed by atoms with E-state index in [2.05, 4.69) is 27.6 Å². The van der Waals surface area contributed by atoms with E-state index in [1.807, 2.05) is 24.4 Å². The number of benzene rings is 1. The molecule has 0 amide bonds. The van der Waals surface area contributed by atoms with E-state index < -0.39 is 0 Å². The first-order valence-electron chi connectivity index (χ1n) is 6.20. The summed E-state index contributed by atoms with van der Waals surface area (Å²) < 4.78 is 4.02. The van der Waals surface area contributed by atoms with Crippen LogP contribution in [-0.2, 0) is 6.42 Å². The van der Waals surface area contributed by atoms with Crippen LogP contribution in [0.5, 0.6) is 0 Å². The Balaban J connectivity index is 2.14. The summed E-state index contributed by atoms with van der Waals surface area (Å²) in [6.45, 7) is 2.07. The van der Waals surface area contributed by atoms with Gasteiger partial charge in [0.25, 0.3) is 0 Å². The van der Waals surface area contributed by atoms with Crippen molar-refractivity contribution in [2.45, 2.75) is 19.4 Å². The maximum atomic E-state index is 6.41. The van der Waals surface area contributed by atoms with E-state index in [9.17, 15) is 0 Å². The third-order valence-corrected chi connectivity index (χ3v) is 4.10. The molecule has 3 aromatic rings. The van der Waals surface area contributed by atoms with Gasteiger partial charge in [-0.1, -0.05) is 29.6 Å². The maximum absolute atomic E-state index is 6.41. The predicted molar refractivity (Wildman–Crippen MR) is 77.1 cm³/mol. The Kier molecular flexibility index (Phi) is 3.23. The van der Waals surface area contributed by atoms with Gasteiger partial charge in [0.2, 0.25) is 0 Å². The normalized spacial score (nSPS) is 12.7. The van der Waals surface area contributed by atoms with Gasteiger partial charge in [0.15, 0.2) is 0 Å². The van der Waals surface area contributed by atoms with Crippen LogP contribution in [0.25, 0.3) is 10.8 Å². The quantitative estimate of drug-likeness (QED) is 0.794. The number of nitrogens with zero attached hydrogens (tertiary/aromatic N) is 3. The second kappa shape index (κ2) is 5.03. The van der Waals surface area contributed by atoms with Crippen molar-refractivity contribution in [3.05, 3.63) is 52.8 Å². The summed E-state index contributed by atoms with van der Waals surface area (Å²) in [5.74, 6) is 0. The van der Waals surface area contributed by atoms with Crippen molar-refractivity contribution < 1.29 is 0 Å². The minimum atomic E-state index is -0.192. The molecule has 19 heavy (non-hydrogen) atoms. The lowest BCUT2D eigenvalue weighted by atomic mass is 9.99. The summed E-state index contributed by atoms with van der Waals surface area (Å²) in [6, 6.07) is 7.95. The Bertz CT molecular complexity index is 702. The van der Waals surface area contributed by atoms with Crippen molar-refractivity contribution in [1.29, 1.82) is 0 Å². The molecule has 3 rings (SSSR count). The number of aromatic nitrogens is 3. The molecule has 0 saturated heterocycles. The highest BCUT2D eigenvalue weighted by Gasteiger charge is 2.18. The Hall–Kier alpha value is -1.85. The van der Waals surface area contributed by atoms with Gasteiger partial charge in [0.1, 0.15) is 0 Å². The molecule has 5 heteroatoms. The van der Waals surface area contributed by atoms with Gasteiger partial charge in [-0.3, -0.25) is 4.98 Å². The molecule has 0 aliphatic heterocycles. The fourth-order valence-corrected chi connectivity index (χ4v) is 3.00. The average Bonchev–Trinajstić information content (AvgIpc) is 2.94. The van der Waals surface area contributed by atoms with Gasteiger partial charge < -0.3 is 5.73 Å². The number of pyridine rings is 1. The third kappa shape index (κ3) is 2.11. The molecule has 2 aromatic heterocycles. The number of hydrogen-bond donors (Lipinski definition) is 1. The monoisotopic (exact) mass is 270 g/mol. The van der Waals surface area contributed by atoms with E-state index in [1.165, 1.54) is 11.5 Å². The SMILES string of the molecule is CCc1nnsc1C(N)c1cccc2ccncc12. The summed E-state index contributed by atoms with van der Waals surface area (Å²) in [5.41, 5.74) is 8.47. The smallest absolute Gasteiger partial charge is 0.0804 e. The fourth-order valence-electron chi connectivity index (χ4n) is 2.25. The Morgan fingerprint density at radius 2 is 2.21 bits per heavy atom. The van der Waals surface area contributed by atoms with Gasteiger partial charge in [-0.05, 0) is 35.0 Å². The van der Waals surface area contributed by atoms with Crippen molar-refractivity contribution in [3.63, 3.8) is 0 Å². The summed E-state index contributed by atoms with van der Waals surface area (Å²) in [7, 11) is 0. The van der Waals surface area contributed by atoms with Crippen LogP contribution in [0.3, 0.4) is 0 Å². The zero-order chi connectivity index (χ0) is 13.2. The van der Waals surface area contributed by atoms with E-state index in [0.29, 0.717) is 0 Å². The minimum Gasteiger partial charge on any atom is -0.319 e. The van der Waals surface area contributed by atoms with E-state index in [1.54, 1.807) is 6.20 Å². The molecule has 96 valence electrons. The van der Waals surface area contributed by atoms with Crippen molar-refractivity contribution in [3.8, 4) is 0 Å². The first-order chi connectivity index (χ1) is 9.31. The molecular formula is C14H14N4S. The van der Waals surface area contributed by atoms with Crippen LogP contribution in [0.2, 0.25) is 0 Å². The van der Waals surface area contributed by atoms with Gasteiger partial charge in [-0.25, -0.2) is 0 Å². The Morgan fingerprint density at radius 3 is 3.05 bits per heavy atom. The number of fused-ring (bicyclic) bond motifs is 1. The maximum Gasteiger partial charge on any atom is 0.0804 e. The highest BCUT2D eigenvalue weighted by Crippen LogP contribution is 2.29. The zero-order valence-corrected chi connectivity index (χ0v) is 11.4. The van der Waals surface area contributed by atoms with Crippen molar-refractivity contribution in [2.75, 3.05) is 0 Å². The number of aryl methyl sites for hydroxylation is 1. The number of rotatable bonds is 3. The van der Waals surface area contributed by atoms with Crippen molar-refractivity contribution in [2.24, 2.45) is 5.73 Å². The van der Waals surface area contributed by atoms with E-state index in [-0.39, 0.29) is 6.04 Å². The van der Waals surface area contributed by atoms with Crippen LogP contribution >= 0.6 is 11.5 Å². The van der Waals surface area contributed by atoms with Gasteiger partial charge in [-0.2, -0.15) is 0 Å². The standard InChI is InChI=1S/C14H14N4S/c1-2-12-14(19-18-17-12)13(15)10-5-3-4-9-6-7-16-8-11(9)10/h3-8,13H,2,15H2,1H3. The summed E-state index contributed by atoms with van der Waals surface area (Å²) in [4.78, 5) is 5.24. The van der Waals surface area contributed by atoms with Crippen LogP contribution < -0.4 is 5.73 Å². The topological polar surface area (TPSA) is 64.7 Å². The molecular weight excluding hydrogens is 256 g/mol. The first kappa shape index (κ1) is 12.2.